The number of aryl methyl sites for hydroxylation is 1. The van der Waals surface area contributed by atoms with E-state index in [0.29, 0.717) is 5.75 Å². The SMILES string of the molecule is Cc1ccc(NC(=O)C(N)CS)c(Br)c1. The van der Waals surface area contributed by atoms with Crippen molar-refractivity contribution in [1.82, 2.24) is 0 Å². The number of anilines is 1. The van der Waals surface area contributed by atoms with E-state index in [1.165, 1.54) is 0 Å². The highest BCUT2D eigenvalue weighted by molar-refractivity contribution is 9.10. The summed E-state index contributed by atoms with van der Waals surface area (Å²) in [4.78, 5) is 11.5. The minimum atomic E-state index is -0.582. The summed E-state index contributed by atoms with van der Waals surface area (Å²) < 4.78 is 0.849. The molecule has 1 atom stereocenters. The van der Waals surface area contributed by atoms with Crippen LogP contribution in [0.5, 0.6) is 0 Å². The zero-order valence-electron chi connectivity index (χ0n) is 8.33. The van der Waals surface area contributed by atoms with Crippen molar-refractivity contribution in [3.05, 3.63) is 28.2 Å². The fraction of sp³-hybridized carbons (Fsp3) is 0.300. The number of hydrogen-bond donors (Lipinski definition) is 3. The van der Waals surface area contributed by atoms with Gasteiger partial charge in [0, 0.05) is 10.2 Å². The van der Waals surface area contributed by atoms with Crippen LogP contribution in [0.15, 0.2) is 22.7 Å². The van der Waals surface area contributed by atoms with Gasteiger partial charge in [0.25, 0.3) is 0 Å². The molecule has 5 heteroatoms. The Labute approximate surface area is 103 Å². The second-order valence-corrected chi connectivity index (χ2v) is 4.48. The number of carbonyl (C=O) groups is 1. The van der Waals surface area contributed by atoms with Crippen LogP contribution < -0.4 is 11.1 Å². The van der Waals surface area contributed by atoms with Crippen molar-refractivity contribution < 1.29 is 4.79 Å². The fourth-order valence-corrected chi connectivity index (χ4v) is 1.79. The van der Waals surface area contributed by atoms with E-state index in [4.69, 9.17) is 5.73 Å². The normalized spacial score (nSPS) is 12.3. The third-order valence-corrected chi connectivity index (χ3v) is 2.97. The Bertz CT molecular complexity index is 370. The molecule has 0 bridgehead atoms. The first kappa shape index (κ1) is 12.5. The molecule has 82 valence electrons. The summed E-state index contributed by atoms with van der Waals surface area (Å²) in [6.07, 6.45) is 0. The van der Waals surface area contributed by atoms with Crippen molar-refractivity contribution in [3.8, 4) is 0 Å². The number of amides is 1. The molecular weight excluding hydrogens is 276 g/mol. The zero-order valence-corrected chi connectivity index (χ0v) is 10.8. The van der Waals surface area contributed by atoms with Crippen molar-refractivity contribution >= 4 is 40.2 Å². The van der Waals surface area contributed by atoms with Crippen LogP contribution in [-0.4, -0.2) is 17.7 Å². The van der Waals surface area contributed by atoms with Crippen LogP contribution in [0.2, 0.25) is 0 Å². The number of rotatable bonds is 3. The summed E-state index contributed by atoms with van der Waals surface area (Å²) in [5, 5.41) is 2.73. The van der Waals surface area contributed by atoms with Crippen LogP contribution in [0.25, 0.3) is 0 Å². The van der Waals surface area contributed by atoms with E-state index in [9.17, 15) is 4.79 Å². The molecule has 0 radical (unpaired) electrons. The van der Waals surface area contributed by atoms with Gasteiger partial charge in [-0.1, -0.05) is 6.07 Å². The zero-order chi connectivity index (χ0) is 11.4. The number of benzene rings is 1. The smallest absolute Gasteiger partial charge is 0.242 e. The Kier molecular flexibility index (Phi) is 4.63. The predicted octanol–water partition coefficient (Wildman–Crippen LogP) is 1.95. The Morgan fingerprint density at radius 2 is 2.33 bits per heavy atom. The molecule has 0 aromatic heterocycles. The molecule has 0 fully saturated rings. The van der Waals surface area contributed by atoms with Gasteiger partial charge in [0.1, 0.15) is 0 Å². The third-order valence-electron chi connectivity index (χ3n) is 1.92. The van der Waals surface area contributed by atoms with E-state index in [2.05, 4.69) is 33.9 Å². The Morgan fingerprint density at radius 1 is 1.67 bits per heavy atom. The molecule has 0 saturated heterocycles. The van der Waals surface area contributed by atoms with Crippen LogP contribution in [0, 0.1) is 6.92 Å². The molecule has 0 heterocycles. The van der Waals surface area contributed by atoms with Crippen molar-refractivity contribution in [2.75, 3.05) is 11.1 Å². The summed E-state index contributed by atoms with van der Waals surface area (Å²) in [5.74, 6) is 0.101. The van der Waals surface area contributed by atoms with Gasteiger partial charge < -0.3 is 11.1 Å². The van der Waals surface area contributed by atoms with E-state index < -0.39 is 6.04 Å². The number of nitrogens with one attached hydrogen (secondary N) is 1. The largest absolute Gasteiger partial charge is 0.324 e. The second-order valence-electron chi connectivity index (χ2n) is 3.26. The standard InChI is InChI=1S/C10H13BrN2OS/c1-6-2-3-9(7(11)4-6)13-10(14)8(12)5-15/h2-4,8,15H,5,12H2,1H3,(H,13,14). The van der Waals surface area contributed by atoms with Gasteiger partial charge in [0.05, 0.1) is 11.7 Å². The molecule has 0 aliphatic rings. The maximum absolute atomic E-state index is 11.5. The minimum absolute atomic E-state index is 0.227. The van der Waals surface area contributed by atoms with Gasteiger partial charge in [-0.05, 0) is 40.5 Å². The summed E-state index contributed by atoms with van der Waals surface area (Å²) in [6, 6.07) is 5.11. The van der Waals surface area contributed by atoms with Crippen LogP contribution >= 0.6 is 28.6 Å². The highest BCUT2D eigenvalue weighted by Gasteiger charge is 2.12. The fourth-order valence-electron chi connectivity index (χ4n) is 1.03. The third kappa shape index (κ3) is 3.52. The van der Waals surface area contributed by atoms with Crippen LogP contribution in [-0.2, 0) is 4.79 Å². The molecule has 0 aliphatic carbocycles. The van der Waals surface area contributed by atoms with Gasteiger partial charge in [-0.3, -0.25) is 4.79 Å². The van der Waals surface area contributed by atoms with Crippen molar-refractivity contribution in [2.45, 2.75) is 13.0 Å². The molecule has 1 rings (SSSR count). The molecule has 0 spiro atoms. The Balaban J connectivity index is 2.77. The van der Waals surface area contributed by atoms with Gasteiger partial charge in [-0.15, -0.1) is 0 Å². The number of hydrogen-bond acceptors (Lipinski definition) is 3. The molecule has 1 amide bonds. The minimum Gasteiger partial charge on any atom is -0.324 e. The molecule has 0 aliphatic heterocycles. The van der Waals surface area contributed by atoms with Crippen LogP contribution in [0.4, 0.5) is 5.69 Å². The van der Waals surface area contributed by atoms with E-state index in [1.807, 2.05) is 25.1 Å². The highest BCUT2D eigenvalue weighted by Crippen LogP contribution is 2.23. The first-order valence-corrected chi connectivity index (χ1v) is 5.90. The van der Waals surface area contributed by atoms with Crippen LogP contribution in [0.1, 0.15) is 5.56 Å². The Morgan fingerprint density at radius 3 is 2.87 bits per heavy atom. The number of carbonyl (C=O) groups excluding carboxylic acids is 1. The lowest BCUT2D eigenvalue weighted by molar-refractivity contribution is -0.116. The Hall–Kier alpha value is -0.520. The average molecular weight is 289 g/mol. The first-order valence-electron chi connectivity index (χ1n) is 4.48. The molecule has 0 saturated carbocycles. The maximum atomic E-state index is 11.5. The van der Waals surface area contributed by atoms with Gasteiger partial charge in [0.15, 0.2) is 0 Å². The molecule has 3 nitrogen and oxygen atoms in total. The lowest BCUT2D eigenvalue weighted by Crippen LogP contribution is -2.37. The van der Waals surface area contributed by atoms with Gasteiger partial charge in [-0.25, -0.2) is 0 Å². The van der Waals surface area contributed by atoms with Crippen molar-refractivity contribution in [3.63, 3.8) is 0 Å². The molecule has 1 unspecified atom stereocenters. The molecular formula is C10H13BrN2OS. The van der Waals surface area contributed by atoms with E-state index >= 15 is 0 Å². The molecule has 3 N–H and O–H groups in total. The topological polar surface area (TPSA) is 55.1 Å². The second kappa shape index (κ2) is 5.53. The first-order chi connectivity index (χ1) is 7.04. The van der Waals surface area contributed by atoms with Gasteiger partial charge in [-0.2, -0.15) is 12.6 Å². The molecule has 1 aromatic carbocycles. The summed E-state index contributed by atoms with van der Waals surface area (Å²) in [6.45, 7) is 1.98. The lowest BCUT2D eigenvalue weighted by Gasteiger charge is -2.11. The highest BCUT2D eigenvalue weighted by atomic mass is 79.9. The average Bonchev–Trinajstić information content (AvgIpc) is 2.20. The van der Waals surface area contributed by atoms with Gasteiger partial charge >= 0.3 is 0 Å². The summed E-state index contributed by atoms with van der Waals surface area (Å²) >= 11 is 7.34. The monoisotopic (exact) mass is 288 g/mol. The summed E-state index contributed by atoms with van der Waals surface area (Å²) in [7, 11) is 0. The summed E-state index contributed by atoms with van der Waals surface area (Å²) in [5.41, 5.74) is 7.39. The lowest BCUT2D eigenvalue weighted by atomic mass is 10.2. The van der Waals surface area contributed by atoms with Crippen molar-refractivity contribution in [1.29, 1.82) is 0 Å². The quantitative estimate of drug-likeness (QED) is 0.745. The number of thiol groups is 1. The molecule has 1 aromatic rings. The maximum Gasteiger partial charge on any atom is 0.242 e. The van der Waals surface area contributed by atoms with E-state index in [-0.39, 0.29) is 5.91 Å². The van der Waals surface area contributed by atoms with Gasteiger partial charge in [0.2, 0.25) is 5.91 Å². The number of nitrogens with two attached hydrogens (primary N) is 1. The van der Waals surface area contributed by atoms with Crippen LogP contribution in [0.3, 0.4) is 0 Å². The number of halogens is 1. The van der Waals surface area contributed by atoms with E-state index in [1.54, 1.807) is 0 Å². The molecule has 15 heavy (non-hydrogen) atoms. The van der Waals surface area contributed by atoms with Crippen molar-refractivity contribution in [2.24, 2.45) is 5.73 Å². The van der Waals surface area contributed by atoms with E-state index in [0.717, 1.165) is 15.7 Å². The predicted molar refractivity (Wildman–Crippen MR) is 69.3 cm³/mol.